The molecular weight excluding hydrogens is 218 g/mol. The third-order valence-corrected chi connectivity index (χ3v) is 3.46. The van der Waals surface area contributed by atoms with Gasteiger partial charge in [0.15, 0.2) is 11.5 Å². The van der Waals surface area contributed by atoms with E-state index in [0.29, 0.717) is 11.7 Å². The molecule has 94 valence electrons. The van der Waals surface area contributed by atoms with Gasteiger partial charge >= 0.3 is 0 Å². The Morgan fingerprint density at radius 2 is 1.53 bits per heavy atom. The molecule has 1 aromatic rings. The van der Waals surface area contributed by atoms with E-state index in [1.807, 2.05) is 12.1 Å². The third kappa shape index (κ3) is 2.05. The lowest BCUT2D eigenvalue weighted by molar-refractivity contribution is 0.318. The SMILES string of the molecule is COc1cc(OC)c([C@@H]2CC[C@@H]2N)cc1OC. The standard InChI is InChI=1S/C13H19NO3/c1-15-11-7-13(17-3)12(16-2)6-9(11)8-4-5-10(8)14/h6-8,10H,4-5,14H2,1-3H3/t8-,10-/m0/s1. The van der Waals surface area contributed by atoms with Crippen LogP contribution in [0.3, 0.4) is 0 Å². The van der Waals surface area contributed by atoms with Crippen molar-refractivity contribution < 1.29 is 14.2 Å². The first-order valence-electron chi connectivity index (χ1n) is 5.76. The van der Waals surface area contributed by atoms with Crippen LogP contribution in [0, 0.1) is 0 Å². The molecule has 0 radical (unpaired) electrons. The van der Waals surface area contributed by atoms with E-state index in [4.69, 9.17) is 19.9 Å². The highest BCUT2D eigenvalue weighted by Gasteiger charge is 2.32. The van der Waals surface area contributed by atoms with E-state index in [-0.39, 0.29) is 6.04 Å². The number of rotatable bonds is 4. The van der Waals surface area contributed by atoms with Gasteiger partial charge < -0.3 is 19.9 Å². The molecule has 17 heavy (non-hydrogen) atoms. The second-order valence-corrected chi connectivity index (χ2v) is 4.30. The van der Waals surface area contributed by atoms with Crippen LogP contribution < -0.4 is 19.9 Å². The van der Waals surface area contributed by atoms with E-state index in [1.54, 1.807) is 21.3 Å². The van der Waals surface area contributed by atoms with Gasteiger partial charge in [0.1, 0.15) is 5.75 Å². The van der Waals surface area contributed by atoms with E-state index in [9.17, 15) is 0 Å². The van der Waals surface area contributed by atoms with Gasteiger partial charge in [-0.15, -0.1) is 0 Å². The van der Waals surface area contributed by atoms with Crippen molar-refractivity contribution in [2.75, 3.05) is 21.3 Å². The van der Waals surface area contributed by atoms with Gasteiger partial charge in [0.25, 0.3) is 0 Å². The zero-order valence-corrected chi connectivity index (χ0v) is 10.5. The van der Waals surface area contributed by atoms with Crippen LogP contribution in [0.1, 0.15) is 24.3 Å². The third-order valence-electron chi connectivity index (χ3n) is 3.46. The van der Waals surface area contributed by atoms with Gasteiger partial charge in [-0.2, -0.15) is 0 Å². The van der Waals surface area contributed by atoms with Gasteiger partial charge in [0, 0.05) is 23.6 Å². The molecule has 0 spiro atoms. The summed E-state index contributed by atoms with van der Waals surface area (Å²) in [4.78, 5) is 0. The Balaban J connectivity index is 2.42. The van der Waals surface area contributed by atoms with Gasteiger partial charge in [-0.1, -0.05) is 0 Å². The highest BCUT2D eigenvalue weighted by molar-refractivity contribution is 5.52. The number of benzene rings is 1. The molecule has 4 heteroatoms. The fourth-order valence-corrected chi connectivity index (χ4v) is 2.25. The highest BCUT2D eigenvalue weighted by atomic mass is 16.5. The van der Waals surface area contributed by atoms with Crippen LogP contribution in [0.25, 0.3) is 0 Å². The maximum Gasteiger partial charge on any atom is 0.164 e. The zero-order chi connectivity index (χ0) is 12.4. The Morgan fingerprint density at radius 3 is 1.94 bits per heavy atom. The molecule has 1 aliphatic rings. The summed E-state index contributed by atoms with van der Waals surface area (Å²) in [5.41, 5.74) is 7.13. The normalized spacial score (nSPS) is 22.8. The molecule has 1 aliphatic carbocycles. The molecule has 2 atom stereocenters. The average Bonchev–Trinajstić information content (AvgIpc) is 2.36. The predicted octanol–water partition coefficient (Wildman–Crippen LogP) is 1.92. The molecule has 2 N–H and O–H groups in total. The predicted molar refractivity (Wildman–Crippen MR) is 66.0 cm³/mol. The van der Waals surface area contributed by atoms with Crippen molar-refractivity contribution in [2.24, 2.45) is 5.73 Å². The van der Waals surface area contributed by atoms with Crippen molar-refractivity contribution in [2.45, 2.75) is 24.8 Å². The summed E-state index contributed by atoms with van der Waals surface area (Å²) in [7, 11) is 4.91. The van der Waals surface area contributed by atoms with Crippen LogP contribution >= 0.6 is 0 Å². The topological polar surface area (TPSA) is 53.7 Å². The van der Waals surface area contributed by atoms with E-state index < -0.39 is 0 Å². The van der Waals surface area contributed by atoms with Crippen LogP contribution in [0.4, 0.5) is 0 Å². The monoisotopic (exact) mass is 237 g/mol. The Hall–Kier alpha value is -1.42. The van der Waals surface area contributed by atoms with E-state index in [0.717, 1.165) is 29.9 Å². The fraction of sp³-hybridized carbons (Fsp3) is 0.538. The van der Waals surface area contributed by atoms with Crippen LogP contribution in [0.15, 0.2) is 12.1 Å². The van der Waals surface area contributed by atoms with Gasteiger partial charge in [0.2, 0.25) is 0 Å². The number of hydrogen-bond acceptors (Lipinski definition) is 4. The van der Waals surface area contributed by atoms with Crippen molar-refractivity contribution >= 4 is 0 Å². The minimum Gasteiger partial charge on any atom is -0.496 e. The van der Waals surface area contributed by atoms with Crippen molar-refractivity contribution in [1.82, 2.24) is 0 Å². The summed E-state index contributed by atoms with van der Waals surface area (Å²) < 4.78 is 16.0. The Labute approximate surface area is 102 Å². The average molecular weight is 237 g/mol. The Morgan fingerprint density at radius 1 is 0.941 bits per heavy atom. The first kappa shape index (κ1) is 12.0. The second-order valence-electron chi connectivity index (χ2n) is 4.30. The quantitative estimate of drug-likeness (QED) is 0.869. The van der Waals surface area contributed by atoms with Crippen LogP contribution in [-0.4, -0.2) is 27.4 Å². The highest BCUT2D eigenvalue weighted by Crippen LogP contribution is 2.44. The molecule has 0 aromatic heterocycles. The van der Waals surface area contributed by atoms with Crippen molar-refractivity contribution in [3.05, 3.63) is 17.7 Å². The summed E-state index contributed by atoms with van der Waals surface area (Å²) in [5.74, 6) is 2.59. The number of nitrogens with two attached hydrogens (primary N) is 1. The van der Waals surface area contributed by atoms with E-state index >= 15 is 0 Å². The summed E-state index contributed by atoms with van der Waals surface area (Å²) >= 11 is 0. The number of ether oxygens (including phenoxy) is 3. The maximum atomic E-state index is 6.01. The van der Waals surface area contributed by atoms with Gasteiger partial charge in [-0.25, -0.2) is 0 Å². The van der Waals surface area contributed by atoms with Crippen molar-refractivity contribution in [3.63, 3.8) is 0 Å². The molecule has 0 amide bonds. The zero-order valence-electron chi connectivity index (χ0n) is 10.5. The number of methoxy groups -OCH3 is 3. The minimum absolute atomic E-state index is 0.224. The Kier molecular flexibility index (Phi) is 3.43. The van der Waals surface area contributed by atoms with Crippen LogP contribution in [0.5, 0.6) is 17.2 Å². The molecular formula is C13H19NO3. The van der Waals surface area contributed by atoms with Gasteiger partial charge in [-0.3, -0.25) is 0 Å². The summed E-state index contributed by atoms with van der Waals surface area (Å²) in [5, 5.41) is 0. The number of hydrogen-bond donors (Lipinski definition) is 1. The summed E-state index contributed by atoms with van der Waals surface area (Å²) in [6, 6.07) is 4.06. The van der Waals surface area contributed by atoms with Crippen LogP contribution in [-0.2, 0) is 0 Å². The molecule has 1 fully saturated rings. The molecule has 4 nitrogen and oxygen atoms in total. The molecule has 1 saturated carbocycles. The van der Waals surface area contributed by atoms with Crippen molar-refractivity contribution in [1.29, 1.82) is 0 Å². The molecule has 0 bridgehead atoms. The van der Waals surface area contributed by atoms with Crippen LogP contribution in [0.2, 0.25) is 0 Å². The Bertz CT molecular complexity index is 406. The second kappa shape index (κ2) is 4.84. The lowest BCUT2D eigenvalue weighted by Crippen LogP contribution is -2.37. The van der Waals surface area contributed by atoms with Gasteiger partial charge in [0.05, 0.1) is 21.3 Å². The first-order chi connectivity index (χ1) is 8.21. The lowest BCUT2D eigenvalue weighted by atomic mass is 9.75. The molecule has 0 heterocycles. The minimum atomic E-state index is 0.224. The first-order valence-corrected chi connectivity index (χ1v) is 5.76. The largest absolute Gasteiger partial charge is 0.496 e. The molecule has 0 saturated heterocycles. The molecule has 1 aromatic carbocycles. The lowest BCUT2D eigenvalue weighted by Gasteiger charge is -2.35. The van der Waals surface area contributed by atoms with E-state index in [2.05, 4.69) is 0 Å². The van der Waals surface area contributed by atoms with E-state index in [1.165, 1.54) is 0 Å². The van der Waals surface area contributed by atoms with Gasteiger partial charge in [-0.05, 0) is 18.9 Å². The smallest absolute Gasteiger partial charge is 0.164 e. The molecule has 0 unspecified atom stereocenters. The van der Waals surface area contributed by atoms with Crippen molar-refractivity contribution in [3.8, 4) is 17.2 Å². The summed E-state index contributed by atoms with van der Waals surface area (Å²) in [6.07, 6.45) is 2.18. The molecule has 2 rings (SSSR count). The molecule has 0 aliphatic heterocycles. The maximum absolute atomic E-state index is 6.01. The fourth-order valence-electron chi connectivity index (χ4n) is 2.25. The summed E-state index contributed by atoms with van der Waals surface area (Å²) in [6.45, 7) is 0.